The van der Waals surface area contributed by atoms with Gasteiger partial charge in [-0.3, -0.25) is 9.59 Å². The van der Waals surface area contributed by atoms with E-state index in [0.29, 0.717) is 28.7 Å². The quantitative estimate of drug-likeness (QED) is 0.851. The molecule has 1 aromatic carbocycles. The van der Waals surface area contributed by atoms with Crippen molar-refractivity contribution in [1.82, 2.24) is 4.90 Å². The molecular formula is C15H18Cl2N2O3. The number of carbonyl (C=O) groups is 2. The molecule has 0 saturated carbocycles. The van der Waals surface area contributed by atoms with E-state index in [0.717, 1.165) is 0 Å². The van der Waals surface area contributed by atoms with E-state index in [9.17, 15) is 9.59 Å². The molecule has 1 aliphatic rings. The molecule has 0 bridgehead atoms. The summed E-state index contributed by atoms with van der Waals surface area (Å²) in [5, 5.41) is 9.92. The van der Waals surface area contributed by atoms with Crippen LogP contribution < -0.4 is 4.90 Å². The smallest absolute Gasteiger partial charge is 0.239 e. The molecule has 1 N–H and O–H groups in total. The van der Waals surface area contributed by atoms with Crippen LogP contribution in [-0.4, -0.2) is 48.1 Å². The van der Waals surface area contributed by atoms with Crippen LogP contribution >= 0.6 is 23.2 Å². The highest BCUT2D eigenvalue weighted by atomic mass is 35.5. The van der Waals surface area contributed by atoms with Gasteiger partial charge < -0.3 is 14.9 Å². The van der Waals surface area contributed by atoms with Gasteiger partial charge in [-0.15, -0.1) is 0 Å². The van der Waals surface area contributed by atoms with Crippen LogP contribution in [0.15, 0.2) is 18.2 Å². The third-order valence-electron chi connectivity index (χ3n) is 3.99. The van der Waals surface area contributed by atoms with E-state index in [1.54, 1.807) is 37.1 Å². The number of anilines is 1. The van der Waals surface area contributed by atoms with Crippen molar-refractivity contribution < 1.29 is 14.7 Å². The van der Waals surface area contributed by atoms with E-state index >= 15 is 0 Å². The molecule has 0 spiro atoms. The Kier molecular flexibility index (Phi) is 5.32. The second kappa shape index (κ2) is 6.86. The highest BCUT2D eigenvalue weighted by molar-refractivity contribution is 6.42. The Morgan fingerprint density at radius 2 is 2.14 bits per heavy atom. The molecule has 5 nitrogen and oxygen atoms in total. The monoisotopic (exact) mass is 344 g/mol. The van der Waals surface area contributed by atoms with Crippen LogP contribution in [-0.2, 0) is 9.59 Å². The predicted octanol–water partition coefficient (Wildman–Crippen LogP) is 2.19. The first kappa shape index (κ1) is 17.1. The van der Waals surface area contributed by atoms with Crippen molar-refractivity contribution in [3.8, 4) is 0 Å². The lowest BCUT2D eigenvalue weighted by Gasteiger charge is -2.25. The van der Waals surface area contributed by atoms with Gasteiger partial charge >= 0.3 is 0 Å². The summed E-state index contributed by atoms with van der Waals surface area (Å²) in [6.07, 6.45) is 0.445. The zero-order chi connectivity index (χ0) is 16.4. The molecule has 0 aliphatic carbocycles. The fraction of sp³-hybridized carbons (Fsp3) is 0.467. The molecule has 1 heterocycles. The Bertz CT molecular complexity index is 594. The van der Waals surface area contributed by atoms with Crippen LogP contribution in [0.25, 0.3) is 0 Å². The Labute approximate surface area is 139 Å². The number of amides is 2. The highest BCUT2D eigenvalue weighted by Gasteiger charge is 2.39. The topological polar surface area (TPSA) is 60.9 Å². The van der Waals surface area contributed by atoms with Gasteiger partial charge in [0.15, 0.2) is 0 Å². The Hall–Kier alpha value is -1.30. The van der Waals surface area contributed by atoms with Gasteiger partial charge in [-0.25, -0.2) is 0 Å². The molecular weight excluding hydrogens is 327 g/mol. The molecule has 1 saturated heterocycles. The number of nitrogens with zero attached hydrogens (tertiary/aromatic N) is 2. The van der Waals surface area contributed by atoms with Crippen molar-refractivity contribution in [3.05, 3.63) is 28.2 Å². The van der Waals surface area contributed by atoms with Gasteiger partial charge in [0.25, 0.3) is 0 Å². The molecule has 2 amide bonds. The first-order valence-electron chi connectivity index (χ1n) is 7.00. The fourth-order valence-corrected chi connectivity index (χ4v) is 2.70. The minimum Gasteiger partial charge on any atom is -0.394 e. The Morgan fingerprint density at radius 1 is 1.45 bits per heavy atom. The summed E-state index contributed by atoms with van der Waals surface area (Å²) in [6, 6.07) is 4.63. The minimum absolute atomic E-state index is 0.139. The van der Waals surface area contributed by atoms with Crippen molar-refractivity contribution >= 4 is 40.7 Å². The summed E-state index contributed by atoms with van der Waals surface area (Å²) in [4.78, 5) is 27.8. The fourth-order valence-electron chi connectivity index (χ4n) is 2.40. The molecule has 22 heavy (non-hydrogen) atoms. The lowest BCUT2D eigenvalue weighted by molar-refractivity contribution is -0.140. The molecule has 2 atom stereocenters. The summed E-state index contributed by atoms with van der Waals surface area (Å²) in [6.45, 7) is 2.04. The lowest BCUT2D eigenvalue weighted by atomic mass is 10.1. The first-order valence-corrected chi connectivity index (χ1v) is 7.76. The second-order valence-electron chi connectivity index (χ2n) is 5.41. The average molecular weight is 345 g/mol. The number of halogens is 2. The second-order valence-corrected chi connectivity index (χ2v) is 6.22. The van der Waals surface area contributed by atoms with E-state index < -0.39 is 5.92 Å². The number of benzene rings is 1. The van der Waals surface area contributed by atoms with Crippen LogP contribution in [0.2, 0.25) is 10.0 Å². The number of likely N-dealkylation sites (N-methyl/N-ethyl adjacent to an activating group) is 1. The molecule has 0 radical (unpaired) electrons. The molecule has 120 valence electrons. The van der Waals surface area contributed by atoms with E-state index in [1.165, 1.54) is 4.90 Å². The van der Waals surface area contributed by atoms with Crippen molar-refractivity contribution in [2.24, 2.45) is 5.92 Å². The van der Waals surface area contributed by atoms with Gasteiger partial charge in [0.2, 0.25) is 11.8 Å². The zero-order valence-corrected chi connectivity index (χ0v) is 13.9. The van der Waals surface area contributed by atoms with Crippen molar-refractivity contribution in [2.75, 3.05) is 25.1 Å². The van der Waals surface area contributed by atoms with Gasteiger partial charge in [0.1, 0.15) is 5.92 Å². The predicted molar refractivity (Wildman–Crippen MR) is 86.2 cm³/mol. The van der Waals surface area contributed by atoms with Crippen molar-refractivity contribution in [1.29, 1.82) is 0 Å². The molecule has 1 fully saturated rings. The lowest BCUT2D eigenvalue weighted by Crippen LogP contribution is -2.43. The third-order valence-corrected chi connectivity index (χ3v) is 4.73. The first-order chi connectivity index (χ1) is 10.4. The van der Waals surface area contributed by atoms with E-state index in [2.05, 4.69) is 0 Å². The summed E-state index contributed by atoms with van der Waals surface area (Å²) >= 11 is 11.9. The van der Waals surface area contributed by atoms with Gasteiger partial charge in [-0.05, 0) is 31.5 Å². The number of aliphatic hydroxyl groups excluding tert-OH is 1. The SMILES string of the molecule is CC(CO)N(C)C(=O)C1CCN(c2ccc(Cl)c(Cl)c2)C1=O. The van der Waals surface area contributed by atoms with Gasteiger partial charge in [-0.1, -0.05) is 23.2 Å². The molecule has 1 aliphatic heterocycles. The molecule has 1 aromatic rings. The Balaban J connectivity index is 2.15. The molecule has 2 unspecified atom stereocenters. The largest absolute Gasteiger partial charge is 0.394 e. The van der Waals surface area contributed by atoms with Crippen molar-refractivity contribution in [2.45, 2.75) is 19.4 Å². The van der Waals surface area contributed by atoms with Gasteiger partial charge in [0, 0.05) is 19.3 Å². The minimum atomic E-state index is -0.714. The van der Waals surface area contributed by atoms with Crippen LogP contribution in [0.4, 0.5) is 5.69 Å². The average Bonchev–Trinajstić information content (AvgIpc) is 2.89. The zero-order valence-electron chi connectivity index (χ0n) is 12.4. The third kappa shape index (κ3) is 3.21. The number of carbonyl (C=O) groups excluding carboxylic acids is 2. The van der Waals surface area contributed by atoms with Crippen LogP contribution in [0.1, 0.15) is 13.3 Å². The molecule has 0 aromatic heterocycles. The summed E-state index contributed by atoms with van der Waals surface area (Å²) in [5.41, 5.74) is 0.632. The summed E-state index contributed by atoms with van der Waals surface area (Å²) in [7, 11) is 1.60. The Morgan fingerprint density at radius 3 is 2.73 bits per heavy atom. The van der Waals surface area contributed by atoms with E-state index in [-0.39, 0.29) is 24.5 Å². The molecule has 7 heteroatoms. The number of rotatable bonds is 4. The maximum Gasteiger partial charge on any atom is 0.239 e. The standard InChI is InChI=1S/C15H18Cl2N2O3/c1-9(8-20)18(2)14(21)11-5-6-19(15(11)22)10-3-4-12(16)13(17)7-10/h3-4,7,9,11,20H,5-6,8H2,1-2H3. The van der Waals surface area contributed by atoms with E-state index in [1.807, 2.05) is 0 Å². The van der Waals surface area contributed by atoms with Crippen LogP contribution in [0.3, 0.4) is 0 Å². The maximum atomic E-state index is 12.5. The van der Waals surface area contributed by atoms with E-state index in [4.69, 9.17) is 28.3 Å². The van der Waals surface area contributed by atoms with Gasteiger partial charge in [-0.2, -0.15) is 0 Å². The number of hydrogen-bond donors (Lipinski definition) is 1. The number of hydrogen-bond acceptors (Lipinski definition) is 3. The summed E-state index contributed by atoms with van der Waals surface area (Å²) in [5.74, 6) is -1.23. The van der Waals surface area contributed by atoms with Crippen LogP contribution in [0, 0.1) is 5.92 Å². The molecule has 2 rings (SSSR count). The number of aliphatic hydroxyl groups is 1. The normalized spacial score (nSPS) is 19.4. The van der Waals surface area contributed by atoms with Crippen LogP contribution in [0.5, 0.6) is 0 Å². The summed E-state index contributed by atoms with van der Waals surface area (Å²) < 4.78 is 0. The van der Waals surface area contributed by atoms with Crippen molar-refractivity contribution in [3.63, 3.8) is 0 Å². The highest BCUT2D eigenvalue weighted by Crippen LogP contribution is 2.31. The van der Waals surface area contributed by atoms with Gasteiger partial charge in [0.05, 0.1) is 22.7 Å². The maximum absolute atomic E-state index is 12.5.